The third-order valence-corrected chi connectivity index (χ3v) is 3.52. The zero-order valence-electron chi connectivity index (χ0n) is 11.1. The molecule has 0 aromatic carbocycles. The smallest absolute Gasteiger partial charge is 0.246 e. The molecular formula is C13H26N2O2. The Kier molecular flexibility index (Phi) is 6.52. The first kappa shape index (κ1) is 14.5. The van der Waals surface area contributed by atoms with Crippen molar-refractivity contribution in [3.05, 3.63) is 0 Å². The van der Waals surface area contributed by atoms with Gasteiger partial charge in [0.15, 0.2) is 0 Å². The van der Waals surface area contributed by atoms with Crippen LogP contribution in [0.2, 0.25) is 0 Å². The average molecular weight is 242 g/mol. The van der Waals surface area contributed by atoms with E-state index in [-0.39, 0.29) is 12.5 Å². The molecule has 1 amide bonds. The minimum atomic E-state index is -0.00370. The van der Waals surface area contributed by atoms with Crippen LogP contribution >= 0.6 is 0 Å². The summed E-state index contributed by atoms with van der Waals surface area (Å²) in [5.41, 5.74) is 5.30. The molecule has 2 unspecified atom stereocenters. The van der Waals surface area contributed by atoms with Gasteiger partial charge in [-0.15, -0.1) is 0 Å². The maximum Gasteiger partial charge on any atom is 0.246 e. The predicted molar refractivity (Wildman–Crippen MR) is 68.6 cm³/mol. The first-order chi connectivity index (χ1) is 8.15. The van der Waals surface area contributed by atoms with E-state index in [4.69, 9.17) is 10.5 Å². The van der Waals surface area contributed by atoms with Gasteiger partial charge in [-0.25, -0.2) is 0 Å². The van der Waals surface area contributed by atoms with Crippen molar-refractivity contribution >= 4 is 5.91 Å². The molecule has 2 atom stereocenters. The molecule has 4 heteroatoms. The number of amides is 1. The Balaban J connectivity index is 2.34. The highest BCUT2D eigenvalue weighted by atomic mass is 16.5. The van der Waals surface area contributed by atoms with Crippen molar-refractivity contribution in [2.45, 2.75) is 45.6 Å². The molecule has 0 spiro atoms. The number of nitrogens with two attached hydrogens (primary N) is 1. The topological polar surface area (TPSA) is 64.3 Å². The van der Waals surface area contributed by atoms with Crippen molar-refractivity contribution in [2.75, 3.05) is 19.8 Å². The highest BCUT2D eigenvalue weighted by Gasteiger charge is 2.28. The maximum absolute atomic E-state index is 11.7. The number of hydrogen-bond donors (Lipinski definition) is 2. The lowest BCUT2D eigenvalue weighted by Gasteiger charge is -2.34. The van der Waals surface area contributed by atoms with Crippen LogP contribution in [0.25, 0.3) is 0 Å². The molecule has 1 rings (SSSR count). The zero-order chi connectivity index (χ0) is 12.7. The molecule has 0 saturated heterocycles. The summed E-state index contributed by atoms with van der Waals surface area (Å²) in [6.45, 7) is 5.52. The molecule has 1 fully saturated rings. The number of nitrogens with one attached hydrogen (secondary N) is 1. The van der Waals surface area contributed by atoms with E-state index in [2.05, 4.69) is 19.2 Å². The van der Waals surface area contributed by atoms with E-state index in [0.717, 1.165) is 6.42 Å². The molecular weight excluding hydrogens is 216 g/mol. The molecule has 4 nitrogen and oxygen atoms in total. The van der Waals surface area contributed by atoms with Crippen LogP contribution in [0.1, 0.15) is 39.5 Å². The van der Waals surface area contributed by atoms with Crippen LogP contribution in [0, 0.1) is 11.8 Å². The van der Waals surface area contributed by atoms with Gasteiger partial charge in [0.05, 0.1) is 6.61 Å². The van der Waals surface area contributed by atoms with Gasteiger partial charge in [-0.2, -0.15) is 0 Å². The fourth-order valence-electron chi connectivity index (χ4n) is 2.63. The summed E-state index contributed by atoms with van der Waals surface area (Å²) in [7, 11) is 0. The van der Waals surface area contributed by atoms with Crippen molar-refractivity contribution in [3.8, 4) is 0 Å². The Hall–Kier alpha value is -0.610. The van der Waals surface area contributed by atoms with Gasteiger partial charge >= 0.3 is 0 Å². The summed E-state index contributed by atoms with van der Waals surface area (Å²) in [4.78, 5) is 11.7. The number of rotatable bonds is 6. The molecule has 0 aromatic heterocycles. The normalized spacial score (nSPS) is 24.9. The number of hydrogen-bond acceptors (Lipinski definition) is 3. The maximum atomic E-state index is 11.7. The van der Waals surface area contributed by atoms with Crippen LogP contribution in [0.3, 0.4) is 0 Å². The highest BCUT2D eigenvalue weighted by molar-refractivity contribution is 5.77. The molecule has 0 heterocycles. The minimum Gasteiger partial charge on any atom is -0.370 e. The second-order valence-corrected chi connectivity index (χ2v) is 5.21. The monoisotopic (exact) mass is 242 g/mol. The van der Waals surface area contributed by atoms with Crippen LogP contribution in [0.5, 0.6) is 0 Å². The van der Waals surface area contributed by atoms with Crippen molar-refractivity contribution in [1.29, 1.82) is 0 Å². The Morgan fingerprint density at radius 3 is 2.76 bits per heavy atom. The zero-order valence-corrected chi connectivity index (χ0v) is 11.1. The Morgan fingerprint density at radius 2 is 2.12 bits per heavy atom. The van der Waals surface area contributed by atoms with Gasteiger partial charge < -0.3 is 15.8 Å². The third-order valence-electron chi connectivity index (χ3n) is 3.52. The first-order valence-electron chi connectivity index (χ1n) is 6.72. The Bertz CT molecular complexity index is 231. The van der Waals surface area contributed by atoms with Crippen molar-refractivity contribution in [2.24, 2.45) is 17.6 Å². The lowest BCUT2D eigenvalue weighted by atomic mass is 9.78. The van der Waals surface area contributed by atoms with Crippen LogP contribution in [-0.4, -0.2) is 31.7 Å². The fourth-order valence-corrected chi connectivity index (χ4v) is 2.63. The van der Waals surface area contributed by atoms with E-state index in [1.54, 1.807) is 0 Å². The number of carbonyl (C=O) groups is 1. The molecule has 0 aliphatic heterocycles. The minimum absolute atomic E-state index is 0.00370. The van der Waals surface area contributed by atoms with Gasteiger partial charge in [0, 0.05) is 12.6 Å². The van der Waals surface area contributed by atoms with Crippen LogP contribution in [0.4, 0.5) is 0 Å². The van der Waals surface area contributed by atoms with Gasteiger partial charge in [0.25, 0.3) is 0 Å². The van der Waals surface area contributed by atoms with E-state index < -0.39 is 0 Å². The van der Waals surface area contributed by atoms with E-state index in [0.29, 0.717) is 31.0 Å². The molecule has 0 radical (unpaired) electrons. The quantitative estimate of drug-likeness (QED) is 0.690. The second-order valence-electron chi connectivity index (χ2n) is 5.21. The Labute approximate surface area is 104 Å². The SMILES string of the molecule is CC(C)C1CCCCC1NC(=O)COCCN. The summed E-state index contributed by atoms with van der Waals surface area (Å²) in [6.07, 6.45) is 4.84. The second kappa shape index (κ2) is 7.67. The summed E-state index contributed by atoms with van der Waals surface area (Å²) in [5.74, 6) is 1.24. The summed E-state index contributed by atoms with van der Waals surface area (Å²) in [5, 5.41) is 3.10. The summed E-state index contributed by atoms with van der Waals surface area (Å²) in [6, 6.07) is 0.331. The average Bonchev–Trinajstić information content (AvgIpc) is 2.29. The van der Waals surface area contributed by atoms with Crippen LogP contribution < -0.4 is 11.1 Å². The van der Waals surface area contributed by atoms with Crippen LogP contribution in [-0.2, 0) is 9.53 Å². The standard InChI is InChI=1S/C13H26N2O2/c1-10(2)11-5-3-4-6-12(11)15-13(16)9-17-8-7-14/h10-12H,3-9,14H2,1-2H3,(H,15,16). The molecule has 1 aliphatic rings. The molecule has 0 bridgehead atoms. The molecule has 1 saturated carbocycles. The largest absolute Gasteiger partial charge is 0.370 e. The molecule has 0 aromatic rings. The van der Waals surface area contributed by atoms with E-state index in [9.17, 15) is 4.79 Å². The van der Waals surface area contributed by atoms with Gasteiger partial charge in [0.1, 0.15) is 6.61 Å². The first-order valence-corrected chi connectivity index (χ1v) is 6.72. The van der Waals surface area contributed by atoms with Gasteiger partial charge in [-0.05, 0) is 24.7 Å². The van der Waals surface area contributed by atoms with E-state index in [1.165, 1.54) is 19.3 Å². The van der Waals surface area contributed by atoms with E-state index in [1.807, 2.05) is 0 Å². The molecule has 100 valence electrons. The number of ether oxygens (including phenoxy) is 1. The Morgan fingerprint density at radius 1 is 1.41 bits per heavy atom. The van der Waals surface area contributed by atoms with E-state index >= 15 is 0 Å². The molecule has 1 aliphatic carbocycles. The van der Waals surface area contributed by atoms with Gasteiger partial charge in [-0.1, -0.05) is 26.7 Å². The molecule has 17 heavy (non-hydrogen) atoms. The van der Waals surface area contributed by atoms with Crippen molar-refractivity contribution in [3.63, 3.8) is 0 Å². The number of carbonyl (C=O) groups excluding carboxylic acids is 1. The lowest BCUT2D eigenvalue weighted by molar-refractivity contribution is -0.127. The third kappa shape index (κ3) is 5.04. The fraction of sp³-hybridized carbons (Fsp3) is 0.923. The summed E-state index contributed by atoms with van der Waals surface area (Å²) >= 11 is 0. The predicted octanol–water partition coefficient (Wildman–Crippen LogP) is 1.29. The van der Waals surface area contributed by atoms with Crippen LogP contribution in [0.15, 0.2) is 0 Å². The highest BCUT2D eigenvalue weighted by Crippen LogP contribution is 2.30. The molecule has 3 N–H and O–H groups in total. The van der Waals surface area contributed by atoms with Gasteiger partial charge in [-0.3, -0.25) is 4.79 Å². The van der Waals surface area contributed by atoms with Gasteiger partial charge in [0.2, 0.25) is 5.91 Å². The van der Waals surface area contributed by atoms with Crippen molar-refractivity contribution in [1.82, 2.24) is 5.32 Å². The summed E-state index contributed by atoms with van der Waals surface area (Å²) < 4.78 is 5.14. The van der Waals surface area contributed by atoms with Crippen molar-refractivity contribution < 1.29 is 9.53 Å². The lowest BCUT2D eigenvalue weighted by Crippen LogP contribution is -2.45.